The molecule has 0 aromatic carbocycles. The first-order chi connectivity index (χ1) is 7.73. The molecule has 0 aliphatic carbocycles. The molecule has 0 radical (unpaired) electrons. The van der Waals surface area contributed by atoms with Crippen LogP contribution in [0.3, 0.4) is 0 Å². The summed E-state index contributed by atoms with van der Waals surface area (Å²) in [5.74, 6) is -0.478. The third-order valence-electron chi connectivity index (χ3n) is 2.66. The van der Waals surface area contributed by atoms with E-state index in [4.69, 9.17) is 13.7 Å². The van der Waals surface area contributed by atoms with E-state index < -0.39 is 27.8 Å². The summed E-state index contributed by atoms with van der Waals surface area (Å²) in [5.41, 5.74) is -0.724. The van der Waals surface area contributed by atoms with E-state index in [0.717, 1.165) is 12.7 Å². The van der Waals surface area contributed by atoms with E-state index in [1.165, 1.54) is 6.92 Å². The molecule has 0 N–H and O–H groups in total. The lowest BCUT2D eigenvalue weighted by Crippen LogP contribution is -2.45. The monoisotopic (exact) mass is 266 g/mol. The SMILES string of the molecule is CC(=O)OC[C@@H](OS(C)(=O)=O)[C@]1(C)CCCO1. The van der Waals surface area contributed by atoms with Gasteiger partial charge in [0.25, 0.3) is 10.1 Å². The second kappa shape index (κ2) is 5.32. The maximum Gasteiger partial charge on any atom is 0.302 e. The van der Waals surface area contributed by atoms with Crippen molar-refractivity contribution in [1.29, 1.82) is 0 Å². The Morgan fingerprint density at radius 1 is 1.53 bits per heavy atom. The Balaban J connectivity index is 2.74. The van der Waals surface area contributed by atoms with Gasteiger partial charge in [-0.25, -0.2) is 0 Å². The molecule has 1 rings (SSSR count). The van der Waals surface area contributed by atoms with Gasteiger partial charge in [-0.3, -0.25) is 8.98 Å². The molecule has 0 aromatic rings. The zero-order chi connectivity index (χ0) is 13.1. The fraction of sp³-hybridized carbons (Fsp3) is 0.900. The van der Waals surface area contributed by atoms with Crippen molar-refractivity contribution in [3.63, 3.8) is 0 Å². The zero-order valence-corrected chi connectivity index (χ0v) is 11.1. The fourth-order valence-corrected chi connectivity index (χ4v) is 2.45. The lowest BCUT2D eigenvalue weighted by atomic mass is 9.96. The second-order valence-electron chi connectivity index (χ2n) is 4.36. The van der Waals surface area contributed by atoms with Crippen LogP contribution in [0, 0.1) is 0 Å². The second-order valence-corrected chi connectivity index (χ2v) is 5.96. The maximum atomic E-state index is 11.2. The lowest BCUT2D eigenvalue weighted by Gasteiger charge is -2.31. The van der Waals surface area contributed by atoms with Crippen molar-refractivity contribution in [1.82, 2.24) is 0 Å². The molecule has 2 atom stereocenters. The predicted molar refractivity (Wildman–Crippen MR) is 59.9 cm³/mol. The first-order valence-electron chi connectivity index (χ1n) is 5.38. The van der Waals surface area contributed by atoms with Crippen LogP contribution in [-0.4, -0.2) is 45.6 Å². The minimum Gasteiger partial charge on any atom is -0.463 e. The number of ether oxygens (including phenoxy) is 2. The van der Waals surface area contributed by atoms with Crippen LogP contribution in [0.5, 0.6) is 0 Å². The normalized spacial score (nSPS) is 26.8. The molecule has 1 heterocycles. The Hall–Kier alpha value is -0.660. The minimum atomic E-state index is -3.62. The number of rotatable bonds is 5. The topological polar surface area (TPSA) is 78.9 Å². The standard InChI is InChI=1S/C10H18O6S/c1-8(11)14-7-9(16-17(3,12)13)10(2)5-4-6-15-10/h9H,4-7H2,1-3H3/t9-,10+/m1/s1. The highest BCUT2D eigenvalue weighted by molar-refractivity contribution is 7.86. The van der Waals surface area contributed by atoms with Gasteiger partial charge in [0.05, 0.1) is 11.9 Å². The van der Waals surface area contributed by atoms with Crippen LogP contribution in [0.1, 0.15) is 26.7 Å². The van der Waals surface area contributed by atoms with Crippen LogP contribution in [0.2, 0.25) is 0 Å². The molecule has 0 unspecified atom stereocenters. The molecule has 6 nitrogen and oxygen atoms in total. The zero-order valence-electron chi connectivity index (χ0n) is 10.3. The Morgan fingerprint density at radius 2 is 2.18 bits per heavy atom. The van der Waals surface area contributed by atoms with Crippen molar-refractivity contribution >= 4 is 16.1 Å². The minimum absolute atomic E-state index is 0.126. The van der Waals surface area contributed by atoms with Crippen LogP contribution in [0.4, 0.5) is 0 Å². The maximum absolute atomic E-state index is 11.2. The van der Waals surface area contributed by atoms with E-state index in [2.05, 4.69) is 0 Å². The smallest absolute Gasteiger partial charge is 0.302 e. The first kappa shape index (κ1) is 14.4. The molecule has 0 aromatic heterocycles. The third kappa shape index (κ3) is 4.61. The number of carbonyl (C=O) groups excluding carboxylic acids is 1. The van der Waals surface area contributed by atoms with Crippen LogP contribution in [0.15, 0.2) is 0 Å². The van der Waals surface area contributed by atoms with E-state index >= 15 is 0 Å². The summed E-state index contributed by atoms with van der Waals surface area (Å²) in [4.78, 5) is 10.8. The Kier molecular flexibility index (Phi) is 4.51. The molecule has 0 saturated carbocycles. The number of hydrogen-bond acceptors (Lipinski definition) is 6. The van der Waals surface area contributed by atoms with Crippen molar-refractivity contribution < 1.29 is 26.9 Å². The van der Waals surface area contributed by atoms with Gasteiger partial charge in [-0.1, -0.05) is 0 Å². The van der Waals surface area contributed by atoms with E-state index in [1.807, 2.05) is 0 Å². The largest absolute Gasteiger partial charge is 0.463 e. The first-order valence-corrected chi connectivity index (χ1v) is 7.20. The molecule has 100 valence electrons. The van der Waals surface area contributed by atoms with Gasteiger partial charge in [-0.05, 0) is 19.8 Å². The highest BCUT2D eigenvalue weighted by Gasteiger charge is 2.41. The molecule has 1 aliphatic rings. The summed E-state index contributed by atoms with van der Waals surface area (Å²) in [6.45, 7) is 3.45. The summed E-state index contributed by atoms with van der Waals surface area (Å²) in [7, 11) is -3.62. The predicted octanol–water partition coefficient (Wildman–Crippen LogP) is 0.463. The molecule has 7 heteroatoms. The molecule has 0 bridgehead atoms. The van der Waals surface area contributed by atoms with E-state index in [9.17, 15) is 13.2 Å². The summed E-state index contributed by atoms with van der Waals surface area (Å²) < 4.78 is 37.6. The van der Waals surface area contributed by atoms with Crippen molar-refractivity contribution in [3.05, 3.63) is 0 Å². The van der Waals surface area contributed by atoms with Gasteiger partial charge in [0, 0.05) is 13.5 Å². The van der Waals surface area contributed by atoms with Gasteiger partial charge in [-0.15, -0.1) is 0 Å². The summed E-state index contributed by atoms with van der Waals surface area (Å²) in [6.07, 6.45) is 1.67. The average molecular weight is 266 g/mol. The van der Waals surface area contributed by atoms with E-state index in [-0.39, 0.29) is 6.61 Å². The molecule has 1 saturated heterocycles. The molecule has 0 spiro atoms. The number of hydrogen-bond donors (Lipinski definition) is 0. The molecular formula is C10H18O6S. The molecule has 1 aliphatic heterocycles. The van der Waals surface area contributed by atoms with Gasteiger partial charge in [0.15, 0.2) is 0 Å². The Morgan fingerprint density at radius 3 is 2.59 bits per heavy atom. The van der Waals surface area contributed by atoms with E-state index in [0.29, 0.717) is 13.0 Å². The highest BCUT2D eigenvalue weighted by Crippen LogP contribution is 2.31. The van der Waals surface area contributed by atoms with Gasteiger partial charge in [0.1, 0.15) is 12.7 Å². The van der Waals surface area contributed by atoms with Crippen molar-refractivity contribution in [2.45, 2.75) is 38.4 Å². The summed E-state index contributed by atoms with van der Waals surface area (Å²) >= 11 is 0. The van der Waals surface area contributed by atoms with E-state index in [1.54, 1.807) is 6.92 Å². The number of carbonyl (C=O) groups is 1. The molecule has 17 heavy (non-hydrogen) atoms. The van der Waals surface area contributed by atoms with Crippen LogP contribution < -0.4 is 0 Å². The highest BCUT2D eigenvalue weighted by atomic mass is 32.2. The van der Waals surface area contributed by atoms with Crippen LogP contribution >= 0.6 is 0 Å². The quantitative estimate of drug-likeness (QED) is 0.531. The Labute approximate surface area is 101 Å². The lowest BCUT2D eigenvalue weighted by molar-refractivity contribution is -0.149. The average Bonchev–Trinajstić information content (AvgIpc) is 2.58. The summed E-state index contributed by atoms with van der Waals surface area (Å²) in [5, 5.41) is 0. The summed E-state index contributed by atoms with van der Waals surface area (Å²) in [6, 6.07) is 0. The van der Waals surface area contributed by atoms with Crippen LogP contribution in [0.25, 0.3) is 0 Å². The number of esters is 1. The van der Waals surface area contributed by atoms with Crippen LogP contribution in [-0.2, 0) is 28.6 Å². The molecule has 1 fully saturated rings. The fourth-order valence-electron chi connectivity index (χ4n) is 1.76. The van der Waals surface area contributed by atoms with Crippen molar-refractivity contribution in [3.8, 4) is 0 Å². The van der Waals surface area contributed by atoms with Gasteiger partial charge in [0.2, 0.25) is 0 Å². The molecule has 0 amide bonds. The van der Waals surface area contributed by atoms with Crippen molar-refractivity contribution in [2.75, 3.05) is 19.5 Å². The van der Waals surface area contributed by atoms with Gasteiger partial charge >= 0.3 is 5.97 Å². The third-order valence-corrected chi connectivity index (χ3v) is 3.24. The van der Waals surface area contributed by atoms with Gasteiger partial charge < -0.3 is 9.47 Å². The molecular weight excluding hydrogens is 248 g/mol. The Bertz CT molecular complexity index is 368. The van der Waals surface area contributed by atoms with Crippen molar-refractivity contribution in [2.24, 2.45) is 0 Å². The van der Waals surface area contributed by atoms with Gasteiger partial charge in [-0.2, -0.15) is 8.42 Å².